The number of nitrogens with zero attached hydrogens (tertiary/aromatic N) is 2. The minimum atomic E-state index is -0.272. The van der Waals surface area contributed by atoms with Gasteiger partial charge in [0.25, 0.3) is 0 Å². The second kappa shape index (κ2) is 6.74. The van der Waals surface area contributed by atoms with Crippen LogP contribution in [0.5, 0.6) is 0 Å². The van der Waals surface area contributed by atoms with Crippen LogP contribution in [0.1, 0.15) is 36.6 Å². The Labute approximate surface area is 140 Å². The van der Waals surface area contributed by atoms with E-state index in [2.05, 4.69) is 20.8 Å². The Morgan fingerprint density at radius 1 is 1.29 bits per heavy atom. The number of aromatic nitrogens is 2. The molecule has 3 rings (SSSR count). The summed E-state index contributed by atoms with van der Waals surface area (Å²) in [7, 11) is 0. The maximum Gasteiger partial charge on any atom is 0.318 e. The number of anilines is 1. The summed E-state index contributed by atoms with van der Waals surface area (Å²) in [6, 6.07) is 9.49. The summed E-state index contributed by atoms with van der Waals surface area (Å²) in [6.45, 7) is 5.21. The third-order valence-corrected chi connectivity index (χ3v) is 4.20. The fourth-order valence-corrected chi connectivity index (χ4v) is 2.77. The predicted octanol–water partition coefficient (Wildman–Crippen LogP) is 2.20. The zero-order valence-electron chi connectivity index (χ0n) is 13.8. The standard InChI is InChI=1S/C17H21N5O2/c1-3-18-17(24)22-9-13-14(10-22)20-21-15(13)19-16(23)11(2)12-7-5-4-6-8-12/h4-8,11H,3,9-10H2,1-2H3,(H,18,24)(H2,19,20,21,23). The van der Waals surface area contributed by atoms with E-state index in [1.165, 1.54) is 0 Å². The van der Waals surface area contributed by atoms with Crippen molar-refractivity contribution in [2.45, 2.75) is 32.9 Å². The van der Waals surface area contributed by atoms with E-state index in [1.54, 1.807) is 4.90 Å². The third-order valence-electron chi connectivity index (χ3n) is 4.20. The second-order valence-corrected chi connectivity index (χ2v) is 5.84. The van der Waals surface area contributed by atoms with E-state index in [-0.39, 0.29) is 17.9 Å². The summed E-state index contributed by atoms with van der Waals surface area (Å²) in [5, 5.41) is 12.7. The number of rotatable bonds is 4. The highest BCUT2D eigenvalue weighted by Crippen LogP contribution is 2.28. The fourth-order valence-electron chi connectivity index (χ4n) is 2.77. The van der Waals surface area contributed by atoms with Crippen LogP contribution in [-0.2, 0) is 17.9 Å². The molecule has 7 nitrogen and oxygen atoms in total. The molecule has 0 aliphatic carbocycles. The highest BCUT2D eigenvalue weighted by atomic mass is 16.2. The van der Waals surface area contributed by atoms with Crippen LogP contribution in [0.4, 0.5) is 10.6 Å². The number of hydrogen-bond acceptors (Lipinski definition) is 3. The van der Waals surface area contributed by atoms with Gasteiger partial charge in [-0.2, -0.15) is 5.10 Å². The molecule has 1 unspecified atom stereocenters. The molecule has 1 aliphatic rings. The highest BCUT2D eigenvalue weighted by Gasteiger charge is 2.29. The number of benzene rings is 1. The van der Waals surface area contributed by atoms with Crippen LogP contribution in [0, 0.1) is 0 Å². The molecule has 7 heteroatoms. The van der Waals surface area contributed by atoms with Gasteiger partial charge in [-0.1, -0.05) is 30.3 Å². The molecule has 126 valence electrons. The predicted molar refractivity (Wildman–Crippen MR) is 90.4 cm³/mol. The monoisotopic (exact) mass is 327 g/mol. The Kier molecular flexibility index (Phi) is 4.50. The molecule has 0 fully saturated rings. The van der Waals surface area contributed by atoms with Gasteiger partial charge < -0.3 is 15.5 Å². The number of hydrogen-bond donors (Lipinski definition) is 3. The normalized spacial score (nSPS) is 14.2. The average Bonchev–Trinajstić information content (AvgIpc) is 3.17. The Morgan fingerprint density at radius 2 is 2.04 bits per heavy atom. The lowest BCUT2D eigenvalue weighted by Crippen LogP contribution is -2.36. The van der Waals surface area contributed by atoms with Crippen molar-refractivity contribution in [1.82, 2.24) is 20.4 Å². The second-order valence-electron chi connectivity index (χ2n) is 5.84. The van der Waals surface area contributed by atoms with E-state index in [9.17, 15) is 9.59 Å². The number of amides is 3. The number of fused-ring (bicyclic) bond motifs is 1. The molecule has 3 amide bonds. The SMILES string of the molecule is CCNC(=O)N1Cc2n[nH]c(NC(=O)C(C)c3ccccc3)c2C1. The molecular formula is C17H21N5O2. The quantitative estimate of drug-likeness (QED) is 0.804. The Hall–Kier alpha value is -2.83. The van der Waals surface area contributed by atoms with E-state index >= 15 is 0 Å². The van der Waals surface area contributed by atoms with Crippen molar-refractivity contribution in [1.29, 1.82) is 0 Å². The van der Waals surface area contributed by atoms with Crippen LogP contribution in [0.3, 0.4) is 0 Å². The van der Waals surface area contributed by atoms with Crippen LogP contribution in [0.15, 0.2) is 30.3 Å². The maximum absolute atomic E-state index is 12.5. The molecule has 1 aromatic carbocycles. The summed E-state index contributed by atoms with van der Waals surface area (Å²) < 4.78 is 0. The molecule has 1 aliphatic heterocycles. The first kappa shape index (κ1) is 16.0. The van der Waals surface area contributed by atoms with E-state index in [0.29, 0.717) is 25.5 Å². The van der Waals surface area contributed by atoms with E-state index in [1.807, 2.05) is 44.2 Å². The Morgan fingerprint density at radius 3 is 2.75 bits per heavy atom. The Balaban J connectivity index is 1.68. The van der Waals surface area contributed by atoms with Crippen LogP contribution in [-0.4, -0.2) is 33.6 Å². The first-order chi connectivity index (χ1) is 11.6. The molecule has 0 saturated carbocycles. The largest absolute Gasteiger partial charge is 0.338 e. The van der Waals surface area contributed by atoms with E-state index in [4.69, 9.17) is 0 Å². The van der Waals surface area contributed by atoms with Crippen molar-refractivity contribution in [2.24, 2.45) is 0 Å². The minimum Gasteiger partial charge on any atom is -0.338 e. The van der Waals surface area contributed by atoms with Crippen molar-refractivity contribution in [3.05, 3.63) is 47.2 Å². The molecule has 0 spiro atoms. The topological polar surface area (TPSA) is 90.1 Å². The molecule has 1 aromatic heterocycles. The van der Waals surface area contributed by atoms with E-state index < -0.39 is 0 Å². The summed E-state index contributed by atoms with van der Waals surface area (Å²) in [5.74, 6) is 0.194. The number of aromatic amines is 1. The van der Waals surface area contributed by atoms with Gasteiger partial charge >= 0.3 is 6.03 Å². The van der Waals surface area contributed by atoms with Gasteiger partial charge in [-0.05, 0) is 19.4 Å². The average molecular weight is 327 g/mol. The van der Waals surface area contributed by atoms with Gasteiger partial charge in [-0.3, -0.25) is 9.89 Å². The molecule has 0 radical (unpaired) electrons. The molecule has 0 bridgehead atoms. The van der Waals surface area contributed by atoms with Crippen molar-refractivity contribution in [3.63, 3.8) is 0 Å². The lowest BCUT2D eigenvalue weighted by molar-refractivity contribution is -0.117. The fraction of sp³-hybridized carbons (Fsp3) is 0.353. The number of nitrogens with one attached hydrogen (secondary N) is 3. The van der Waals surface area contributed by atoms with Gasteiger partial charge in [0.05, 0.1) is 24.7 Å². The maximum atomic E-state index is 12.5. The highest BCUT2D eigenvalue weighted by molar-refractivity contribution is 5.95. The molecule has 3 N–H and O–H groups in total. The zero-order valence-corrected chi connectivity index (χ0v) is 13.8. The molecule has 1 atom stereocenters. The smallest absolute Gasteiger partial charge is 0.318 e. The molecule has 24 heavy (non-hydrogen) atoms. The zero-order chi connectivity index (χ0) is 17.1. The summed E-state index contributed by atoms with van der Waals surface area (Å²) in [4.78, 5) is 26.1. The first-order valence-corrected chi connectivity index (χ1v) is 8.04. The van der Waals surface area contributed by atoms with Gasteiger partial charge in [-0.15, -0.1) is 0 Å². The van der Waals surface area contributed by atoms with Crippen LogP contribution >= 0.6 is 0 Å². The number of urea groups is 1. The van der Waals surface area contributed by atoms with Gasteiger partial charge in [-0.25, -0.2) is 4.79 Å². The van der Waals surface area contributed by atoms with Crippen molar-refractivity contribution in [2.75, 3.05) is 11.9 Å². The van der Waals surface area contributed by atoms with Gasteiger partial charge in [0.15, 0.2) is 0 Å². The van der Waals surface area contributed by atoms with Crippen molar-refractivity contribution >= 4 is 17.8 Å². The number of carbonyl (C=O) groups is 2. The van der Waals surface area contributed by atoms with Crippen LogP contribution in [0.2, 0.25) is 0 Å². The molecular weight excluding hydrogens is 306 g/mol. The first-order valence-electron chi connectivity index (χ1n) is 8.04. The van der Waals surface area contributed by atoms with Gasteiger partial charge in [0.2, 0.25) is 5.91 Å². The summed E-state index contributed by atoms with van der Waals surface area (Å²) >= 11 is 0. The summed E-state index contributed by atoms with van der Waals surface area (Å²) in [5.41, 5.74) is 2.62. The van der Waals surface area contributed by atoms with Crippen molar-refractivity contribution < 1.29 is 9.59 Å². The lowest BCUT2D eigenvalue weighted by Gasteiger charge is -2.16. The van der Waals surface area contributed by atoms with Gasteiger partial charge in [0.1, 0.15) is 5.82 Å². The van der Waals surface area contributed by atoms with Crippen LogP contribution < -0.4 is 10.6 Å². The van der Waals surface area contributed by atoms with E-state index in [0.717, 1.165) is 16.8 Å². The van der Waals surface area contributed by atoms with Gasteiger partial charge in [0, 0.05) is 12.1 Å². The Bertz CT molecular complexity index is 741. The molecule has 2 aromatic rings. The van der Waals surface area contributed by atoms with Crippen molar-refractivity contribution in [3.8, 4) is 0 Å². The number of H-pyrrole nitrogens is 1. The third kappa shape index (κ3) is 3.10. The lowest BCUT2D eigenvalue weighted by atomic mass is 10.0. The minimum absolute atomic E-state index is 0.107. The molecule has 2 heterocycles. The molecule has 0 saturated heterocycles. The number of carbonyl (C=O) groups excluding carboxylic acids is 2. The summed E-state index contributed by atoms with van der Waals surface area (Å²) in [6.07, 6.45) is 0. The van der Waals surface area contributed by atoms with Crippen LogP contribution in [0.25, 0.3) is 0 Å².